The van der Waals surface area contributed by atoms with Gasteiger partial charge in [0.05, 0.1) is 5.04 Å². The fourth-order valence-electron chi connectivity index (χ4n) is 0.884. The number of aliphatic imine (C=N–C) groups is 1. The first-order valence-electron chi connectivity index (χ1n) is 4.56. The number of rotatable bonds is 4. The van der Waals surface area contributed by atoms with Gasteiger partial charge in [-0.2, -0.15) is 0 Å². The van der Waals surface area contributed by atoms with E-state index < -0.39 is 0 Å². The largest absolute Gasteiger partial charge is 0.255 e. The van der Waals surface area contributed by atoms with Gasteiger partial charge in [0.2, 0.25) is 0 Å². The van der Waals surface area contributed by atoms with Gasteiger partial charge in [-0.3, -0.25) is 4.99 Å². The van der Waals surface area contributed by atoms with Crippen molar-refractivity contribution in [3.8, 4) is 0 Å². The second kappa shape index (κ2) is 7.41. The molecule has 1 nitrogen and oxygen atoms in total. The van der Waals surface area contributed by atoms with Crippen molar-refractivity contribution in [1.29, 1.82) is 0 Å². The Morgan fingerprint density at radius 1 is 1.17 bits per heavy atom. The minimum absolute atomic E-state index is 1.04. The molecule has 0 fully saturated rings. The fourth-order valence-corrected chi connectivity index (χ4v) is 1.33. The maximum absolute atomic E-state index is 4.42. The summed E-state index contributed by atoms with van der Waals surface area (Å²) < 4.78 is 0. The molecule has 0 aromatic carbocycles. The molecule has 0 aromatic rings. The third-order valence-electron chi connectivity index (χ3n) is 1.84. The Labute approximate surface area is 80.4 Å². The van der Waals surface area contributed by atoms with Gasteiger partial charge in [0, 0.05) is 6.20 Å². The fraction of sp³-hybridized carbons (Fsp3) is 0.700. The van der Waals surface area contributed by atoms with E-state index >= 15 is 0 Å². The van der Waals surface area contributed by atoms with E-state index in [1.807, 2.05) is 6.20 Å². The quantitative estimate of drug-likeness (QED) is 0.478. The Morgan fingerprint density at radius 2 is 1.75 bits per heavy atom. The van der Waals surface area contributed by atoms with E-state index in [2.05, 4.69) is 32.0 Å². The molecule has 0 bridgehead atoms. The van der Waals surface area contributed by atoms with Crippen LogP contribution >= 0.6 is 11.8 Å². The first-order chi connectivity index (χ1) is 5.78. The Balaban J connectivity index is 4.20. The van der Waals surface area contributed by atoms with E-state index in [1.54, 1.807) is 11.8 Å². The van der Waals surface area contributed by atoms with Crippen molar-refractivity contribution in [2.75, 3.05) is 6.26 Å². The summed E-state index contributed by atoms with van der Waals surface area (Å²) >= 11 is 1.74. The Morgan fingerprint density at radius 3 is 2.08 bits per heavy atom. The molecule has 0 saturated heterocycles. The molecule has 0 radical (unpaired) electrons. The van der Waals surface area contributed by atoms with Crippen LogP contribution < -0.4 is 0 Å². The van der Waals surface area contributed by atoms with Crippen LogP contribution in [0.4, 0.5) is 0 Å². The molecule has 0 aromatic heterocycles. The van der Waals surface area contributed by atoms with Gasteiger partial charge in [-0.25, -0.2) is 0 Å². The monoisotopic (exact) mass is 185 g/mol. The SMILES string of the molecule is CCC(=CN=C(CC)SC)CC. The van der Waals surface area contributed by atoms with Gasteiger partial charge in [-0.05, 0) is 25.5 Å². The van der Waals surface area contributed by atoms with E-state index in [0.29, 0.717) is 0 Å². The molecule has 0 N–H and O–H groups in total. The average molecular weight is 185 g/mol. The van der Waals surface area contributed by atoms with E-state index in [0.717, 1.165) is 19.3 Å². The number of hydrogen-bond donors (Lipinski definition) is 0. The zero-order valence-corrected chi connectivity index (χ0v) is 9.37. The maximum Gasteiger partial charge on any atom is 0.0725 e. The van der Waals surface area contributed by atoms with Crippen molar-refractivity contribution in [1.82, 2.24) is 0 Å². The summed E-state index contributed by atoms with van der Waals surface area (Å²) in [6.07, 6.45) is 7.37. The Kier molecular flexibility index (Phi) is 7.26. The second-order valence-corrected chi connectivity index (χ2v) is 3.45. The minimum atomic E-state index is 1.04. The number of allylic oxidation sites excluding steroid dienone is 1. The maximum atomic E-state index is 4.42. The smallest absolute Gasteiger partial charge is 0.0725 e. The van der Waals surface area contributed by atoms with Crippen LogP contribution in [0.1, 0.15) is 40.0 Å². The van der Waals surface area contributed by atoms with Crippen LogP contribution in [0.5, 0.6) is 0 Å². The molecular formula is C10H19NS. The number of thioether (sulfide) groups is 1. The topological polar surface area (TPSA) is 12.4 Å². The summed E-state index contributed by atoms with van der Waals surface area (Å²) in [7, 11) is 0. The molecule has 0 saturated carbocycles. The number of hydrogen-bond acceptors (Lipinski definition) is 2. The molecule has 2 heteroatoms. The lowest BCUT2D eigenvalue weighted by atomic mass is 10.2. The van der Waals surface area contributed by atoms with Crippen molar-refractivity contribution in [3.05, 3.63) is 11.8 Å². The molecule has 0 unspecified atom stereocenters. The highest BCUT2D eigenvalue weighted by atomic mass is 32.2. The molecule has 0 aliphatic heterocycles. The van der Waals surface area contributed by atoms with Crippen molar-refractivity contribution in [2.24, 2.45) is 4.99 Å². The van der Waals surface area contributed by atoms with Crippen molar-refractivity contribution in [2.45, 2.75) is 40.0 Å². The predicted molar refractivity (Wildman–Crippen MR) is 59.9 cm³/mol. The lowest BCUT2D eigenvalue weighted by molar-refractivity contribution is 0.968. The van der Waals surface area contributed by atoms with E-state index in [4.69, 9.17) is 0 Å². The van der Waals surface area contributed by atoms with Crippen LogP contribution in [0.15, 0.2) is 16.8 Å². The zero-order valence-electron chi connectivity index (χ0n) is 8.55. The average Bonchev–Trinajstić information content (AvgIpc) is 2.13. The van der Waals surface area contributed by atoms with Crippen LogP contribution in [-0.4, -0.2) is 11.3 Å². The molecule has 0 heterocycles. The van der Waals surface area contributed by atoms with Crippen LogP contribution in [0.3, 0.4) is 0 Å². The summed E-state index contributed by atoms with van der Waals surface area (Å²) in [5.41, 5.74) is 1.43. The normalized spacial score (nSPS) is 11.5. The summed E-state index contributed by atoms with van der Waals surface area (Å²) in [5.74, 6) is 0. The van der Waals surface area contributed by atoms with Crippen molar-refractivity contribution < 1.29 is 0 Å². The Hall–Kier alpha value is -0.240. The third kappa shape index (κ3) is 4.60. The van der Waals surface area contributed by atoms with Crippen LogP contribution in [-0.2, 0) is 0 Å². The van der Waals surface area contributed by atoms with Gasteiger partial charge in [0.25, 0.3) is 0 Å². The molecule has 0 spiro atoms. The van der Waals surface area contributed by atoms with Gasteiger partial charge < -0.3 is 0 Å². The van der Waals surface area contributed by atoms with Crippen LogP contribution in [0.2, 0.25) is 0 Å². The first kappa shape index (κ1) is 11.8. The van der Waals surface area contributed by atoms with Crippen LogP contribution in [0.25, 0.3) is 0 Å². The number of nitrogens with zero attached hydrogens (tertiary/aromatic N) is 1. The molecular weight excluding hydrogens is 166 g/mol. The molecule has 0 rings (SSSR count). The molecule has 0 amide bonds. The molecule has 0 aliphatic carbocycles. The van der Waals surface area contributed by atoms with E-state index in [-0.39, 0.29) is 0 Å². The van der Waals surface area contributed by atoms with E-state index in [1.165, 1.54) is 10.6 Å². The standard InChI is InChI=1S/C10H19NS/c1-5-9(6-2)8-11-10(7-3)12-4/h8H,5-7H2,1-4H3. The molecule has 0 atom stereocenters. The van der Waals surface area contributed by atoms with Crippen molar-refractivity contribution in [3.63, 3.8) is 0 Å². The second-order valence-electron chi connectivity index (χ2n) is 2.57. The summed E-state index contributed by atoms with van der Waals surface area (Å²) in [6.45, 7) is 6.49. The summed E-state index contributed by atoms with van der Waals surface area (Å²) in [5, 5.41) is 1.22. The van der Waals surface area contributed by atoms with Gasteiger partial charge in [-0.1, -0.05) is 26.3 Å². The van der Waals surface area contributed by atoms with Crippen molar-refractivity contribution >= 4 is 16.8 Å². The highest BCUT2D eigenvalue weighted by molar-refractivity contribution is 8.13. The van der Waals surface area contributed by atoms with Gasteiger partial charge in [-0.15, -0.1) is 11.8 Å². The first-order valence-corrected chi connectivity index (χ1v) is 5.79. The predicted octanol–water partition coefficient (Wildman–Crippen LogP) is 3.86. The van der Waals surface area contributed by atoms with Crippen LogP contribution in [0, 0.1) is 0 Å². The third-order valence-corrected chi connectivity index (χ3v) is 2.70. The lowest BCUT2D eigenvalue weighted by Crippen LogP contribution is -1.86. The highest BCUT2D eigenvalue weighted by Gasteiger charge is 1.91. The van der Waals surface area contributed by atoms with E-state index in [9.17, 15) is 0 Å². The molecule has 70 valence electrons. The van der Waals surface area contributed by atoms with Gasteiger partial charge in [0.15, 0.2) is 0 Å². The Bertz CT molecular complexity index is 139. The summed E-state index contributed by atoms with van der Waals surface area (Å²) in [6, 6.07) is 0. The highest BCUT2D eigenvalue weighted by Crippen LogP contribution is 2.08. The summed E-state index contributed by atoms with van der Waals surface area (Å²) in [4.78, 5) is 4.42. The molecule has 0 aliphatic rings. The van der Waals surface area contributed by atoms with Gasteiger partial charge in [0.1, 0.15) is 0 Å². The zero-order chi connectivity index (χ0) is 9.40. The minimum Gasteiger partial charge on any atom is -0.255 e. The lowest BCUT2D eigenvalue weighted by Gasteiger charge is -1.98. The molecule has 12 heavy (non-hydrogen) atoms. The van der Waals surface area contributed by atoms with Gasteiger partial charge >= 0.3 is 0 Å².